The van der Waals surface area contributed by atoms with Crippen molar-refractivity contribution in [1.29, 1.82) is 0 Å². The second-order valence-electron chi connectivity index (χ2n) is 9.72. The number of carbonyl (C=O) groups excluding carboxylic acids is 1. The highest BCUT2D eigenvalue weighted by atomic mass is 32.2. The van der Waals surface area contributed by atoms with E-state index in [-0.39, 0.29) is 10.8 Å². The van der Waals surface area contributed by atoms with Crippen molar-refractivity contribution in [3.05, 3.63) is 53.6 Å². The zero-order chi connectivity index (χ0) is 27.0. The summed E-state index contributed by atoms with van der Waals surface area (Å²) in [6.45, 7) is 8.55. The predicted octanol–water partition coefficient (Wildman–Crippen LogP) is 5.79. The highest BCUT2D eigenvalue weighted by Gasteiger charge is 2.25. The Bertz CT molecular complexity index is 1260. The van der Waals surface area contributed by atoms with Crippen molar-refractivity contribution in [2.45, 2.75) is 57.8 Å². The molecule has 202 valence electrons. The third-order valence-electron chi connectivity index (χ3n) is 6.26. The lowest BCUT2D eigenvalue weighted by molar-refractivity contribution is 0.0986. The summed E-state index contributed by atoms with van der Waals surface area (Å²) in [5.74, 6) is -0.174. The number of hydrogen-bond acceptors (Lipinski definition) is 6. The summed E-state index contributed by atoms with van der Waals surface area (Å²) in [5.41, 5.74) is 2.47. The second-order valence-corrected chi connectivity index (χ2v) is 12.7. The number of thiazole rings is 1. The van der Waals surface area contributed by atoms with Crippen LogP contribution in [0.3, 0.4) is 0 Å². The highest BCUT2D eigenvalue weighted by molar-refractivity contribution is 7.89. The fourth-order valence-electron chi connectivity index (χ4n) is 4.06. The summed E-state index contributed by atoms with van der Waals surface area (Å²) < 4.78 is 29.3. The van der Waals surface area contributed by atoms with Crippen LogP contribution in [-0.2, 0) is 10.0 Å². The van der Waals surface area contributed by atoms with E-state index >= 15 is 0 Å². The van der Waals surface area contributed by atoms with Crippen LogP contribution in [0.4, 0.5) is 5.13 Å². The van der Waals surface area contributed by atoms with Gasteiger partial charge in [0.1, 0.15) is 0 Å². The molecule has 37 heavy (non-hydrogen) atoms. The molecule has 3 aromatic rings. The molecule has 0 atom stereocenters. The van der Waals surface area contributed by atoms with Crippen molar-refractivity contribution in [3.8, 4) is 0 Å². The molecule has 1 aromatic heterocycles. The number of nitrogens with zero attached hydrogens (tertiary/aromatic N) is 4. The molecule has 0 aliphatic heterocycles. The fourth-order valence-corrected chi connectivity index (χ4v) is 6.66. The molecular weight excluding hydrogens is 504 g/mol. The van der Waals surface area contributed by atoms with Crippen LogP contribution >= 0.6 is 11.3 Å². The normalized spacial score (nSPS) is 12.1. The summed E-state index contributed by atoms with van der Waals surface area (Å²) in [7, 11) is 0.407. The van der Waals surface area contributed by atoms with Crippen molar-refractivity contribution in [2.24, 2.45) is 0 Å². The minimum Gasteiger partial charge on any atom is -0.309 e. The fraction of sp³-hybridized carbons (Fsp3) is 0.500. The Labute approximate surface area is 226 Å². The van der Waals surface area contributed by atoms with E-state index in [1.807, 2.05) is 33.2 Å². The van der Waals surface area contributed by atoms with Crippen molar-refractivity contribution in [1.82, 2.24) is 14.2 Å². The van der Waals surface area contributed by atoms with Crippen LogP contribution in [0.1, 0.15) is 61.9 Å². The maximum absolute atomic E-state index is 13.7. The molecule has 0 radical (unpaired) electrons. The molecule has 0 aliphatic rings. The largest absolute Gasteiger partial charge is 0.309 e. The molecular formula is C28H40N4O3S2. The van der Waals surface area contributed by atoms with Gasteiger partial charge < -0.3 is 4.90 Å². The molecule has 3 rings (SSSR count). The molecule has 9 heteroatoms. The number of aryl methyl sites for hydroxylation is 1. The average Bonchev–Trinajstić information content (AvgIpc) is 3.29. The lowest BCUT2D eigenvalue weighted by Crippen LogP contribution is -2.34. The van der Waals surface area contributed by atoms with E-state index in [4.69, 9.17) is 4.98 Å². The number of hydrogen-bond donors (Lipinski definition) is 0. The molecule has 0 unspecified atom stereocenters. The predicted molar refractivity (Wildman–Crippen MR) is 154 cm³/mol. The maximum Gasteiger partial charge on any atom is 0.260 e. The molecule has 0 saturated carbocycles. The van der Waals surface area contributed by atoms with Gasteiger partial charge in [0.25, 0.3) is 5.91 Å². The van der Waals surface area contributed by atoms with Crippen LogP contribution in [0.2, 0.25) is 0 Å². The highest BCUT2D eigenvalue weighted by Crippen LogP contribution is 2.31. The van der Waals surface area contributed by atoms with E-state index < -0.39 is 10.0 Å². The van der Waals surface area contributed by atoms with Crippen LogP contribution in [0, 0.1) is 6.92 Å². The lowest BCUT2D eigenvalue weighted by atomic mass is 10.2. The van der Waals surface area contributed by atoms with Crippen LogP contribution in [0.15, 0.2) is 47.4 Å². The Morgan fingerprint density at radius 1 is 0.892 bits per heavy atom. The molecule has 2 aromatic carbocycles. The van der Waals surface area contributed by atoms with Gasteiger partial charge in [-0.25, -0.2) is 13.4 Å². The van der Waals surface area contributed by atoms with Gasteiger partial charge in [-0.3, -0.25) is 9.69 Å². The SMILES string of the molecule is CCCCN(CCCC)S(=O)(=O)c1ccc(C(=O)N(CCCN(C)C)c2nc3ccc(C)cc3s2)cc1. The Kier molecular flexibility index (Phi) is 10.6. The summed E-state index contributed by atoms with van der Waals surface area (Å²) in [6.07, 6.45) is 4.30. The smallest absolute Gasteiger partial charge is 0.260 e. The Morgan fingerprint density at radius 3 is 2.14 bits per heavy atom. The summed E-state index contributed by atoms with van der Waals surface area (Å²) in [5, 5.41) is 0.659. The molecule has 0 N–H and O–H groups in total. The number of carbonyl (C=O) groups is 1. The average molecular weight is 545 g/mol. The lowest BCUT2D eigenvalue weighted by Gasteiger charge is -2.23. The number of amides is 1. The maximum atomic E-state index is 13.7. The van der Waals surface area contributed by atoms with Gasteiger partial charge in [0.2, 0.25) is 10.0 Å². The first-order chi connectivity index (χ1) is 17.7. The molecule has 1 heterocycles. The van der Waals surface area contributed by atoms with Gasteiger partial charge in [0, 0.05) is 25.2 Å². The number of benzene rings is 2. The summed E-state index contributed by atoms with van der Waals surface area (Å²) in [6, 6.07) is 12.5. The van der Waals surface area contributed by atoms with Crippen molar-refractivity contribution < 1.29 is 13.2 Å². The van der Waals surface area contributed by atoms with Crippen molar-refractivity contribution >= 4 is 42.6 Å². The van der Waals surface area contributed by atoms with Gasteiger partial charge in [-0.2, -0.15) is 4.31 Å². The van der Waals surface area contributed by atoms with Crippen LogP contribution in [-0.4, -0.2) is 68.8 Å². The molecule has 1 amide bonds. The second kappa shape index (κ2) is 13.5. The topological polar surface area (TPSA) is 73.8 Å². The van der Waals surface area contributed by atoms with E-state index in [2.05, 4.69) is 24.8 Å². The number of aromatic nitrogens is 1. The van der Waals surface area contributed by atoms with E-state index in [1.165, 1.54) is 11.3 Å². The minimum atomic E-state index is -3.61. The van der Waals surface area contributed by atoms with Crippen molar-refractivity contribution in [3.63, 3.8) is 0 Å². The van der Waals surface area contributed by atoms with Gasteiger partial charge in [-0.1, -0.05) is 44.1 Å². The van der Waals surface area contributed by atoms with Crippen molar-refractivity contribution in [2.75, 3.05) is 45.2 Å². The number of fused-ring (bicyclic) bond motifs is 1. The summed E-state index contributed by atoms with van der Waals surface area (Å²) in [4.78, 5) is 22.4. The number of sulfonamides is 1. The van der Waals surface area contributed by atoms with E-state index in [1.54, 1.807) is 33.5 Å². The summed E-state index contributed by atoms with van der Waals surface area (Å²) >= 11 is 1.51. The number of anilines is 1. The van der Waals surface area contributed by atoms with Gasteiger partial charge in [0.05, 0.1) is 15.1 Å². The van der Waals surface area contributed by atoms with Gasteiger partial charge >= 0.3 is 0 Å². The standard InChI is InChI=1S/C28H40N4O3S2/c1-6-8-18-31(19-9-7-2)37(34,35)24-14-12-23(13-15-24)27(33)32(20-10-17-30(4)5)28-29-25-16-11-22(3)21-26(25)36-28/h11-16,21H,6-10,17-20H2,1-5H3. The van der Waals surface area contributed by atoms with Crippen LogP contribution in [0.5, 0.6) is 0 Å². The first-order valence-electron chi connectivity index (χ1n) is 13.1. The van der Waals surface area contributed by atoms with Gasteiger partial charge in [0.15, 0.2) is 5.13 Å². The van der Waals surface area contributed by atoms with Crippen LogP contribution in [0.25, 0.3) is 10.2 Å². The van der Waals surface area contributed by atoms with Crippen LogP contribution < -0.4 is 4.90 Å². The molecule has 0 saturated heterocycles. The third kappa shape index (κ3) is 7.60. The first kappa shape index (κ1) is 29.2. The van der Waals surface area contributed by atoms with Gasteiger partial charge in [-0.05, 0) is 88.8 Å². The zero-order valence-electron chi connectivity index (χ0n) is 22.7. The third-order valence-corrected chi connectivity index (χ3v) is 9.21. The number of rotatable bonds is 14. The quantitative estimate of drug-likeness (QED) is 0.257. The first-order valence-corrected chi connectivity index (χ1v) is 15.4. The van der Waals surface area contributed by atoms with E-state index in [0.717, 1.165) is 54.4 Å². The monoisotopic (exact) mass is 544 g/mol. The Hall–Kier alpha value is -2.33. The Morgan fingerprint density at radius 2 is 1.54 bits per heavy atom. The van der Waals surface area contributed by atoms with Gasteiger partial charge in [-0.15, -0.1) is 0 Å². The Balaban J connectivity index is 1.88. The minimum absolute atomic E-state index is 0.174. The van der Waals surface area contributed by atoms with E-state index in [9.17, 15) is 13.2 Å². The zero-order valence-corrected chi connectivity index (χ0v) is 24.4. The van der Waals surface area contributed by atoms with E-state index in [0.29, 0.717) is 30.3 Å². The molecule has 0 spiro atoms. The molecule has 0 bridgehead atoms. The number of unbranched alkanes of at least 4 members (excludes halogenated alkanes) is 2. The molecule has 7 nitrogen and oxygen atoms in total. The molecule has 0 fully saturated rings. The molecule has 0 aliphatic carbocycles.